The molecule has 0 radical (unpaired) electrons. The molecule has 0 spiro atoms. The highest BCUT2D eigenvalue weighted by molar-refractivity contribution is 5.38. The van der Waals surface area contributed by atoms with Crippen molar-refractivity contribution in [3.05, 3.63) is 23.9 Å². The van der Waals surface area contributed by atoms with Gasteiger partial charge in [0, 0.05) is 19.2 Å². The van der Waals surface area contributed by atoms with Crippen LogP contribution in [-0.2, 0) is 0 Å². The molecule has 0 unspecified atom stereocenters. The summed E-state index contributed by atoms with van der Waals surface area (Å²) >= 11 is 0. The number of nitrogens with one attached hydrogen (secondary N) is 1. The Bertz CT molecular complexity index is 376. The maximum absolute atomic E-state index is 8.55. The van der Waals surface area contributed by atoms with E-state index >= 15 is 0 Å². The first-order valence-corrected chi connectivity index (χ1v) is 4.36. The van der Waals surface area contributed by atoms with Gasteiger partial charge in [0.1, 0.15) is 11.9 Å². The molecule has 0 bridgehead atoms. The summed E-state index contributed by atoms with van der Waals surface area (Å²) in [7, 11) is 0. The van der Waals surface area contributed by atoms with E-state index in [2.05, 4.69) is 22.1 Å². The van der Waals surface area contributed by atoms with Gasteiger partial charge in [0.25, 0.3) is 0 Å². The van der Waals surface area contributed by atoms with Crippen LogP contribution in [-0.4, -0.2) is 11.5 Å². The summed E-state index contributed by atoms with van der Waals surface area (Å²) in [4.78, 5) is 4.07. The first kappa shape index (κ1) is 10.1. The Labute approximate surface area is 83.8 Å². The fourth-order valence-electron chi connectivity index (χ4n) is 0.943. The highest BCUT2D eigenvalue weighted by Gasteiger charge is 1.92. The van der Waals surface area contributed by atoms with Crippen molar-refractivity contribution in [2.75, 3.05) is 11.9 Å². The summed E-state index contributed by atoms with van der Waals surface area (Å²) in [6.07, 6.45) is 2.35. The molecule has 0 aliphatic heterocycles. The van der Waals surface area contributed by atoms with Crippen LogP contribution in [0.25, 0.3) is 0 Å². The van der Waals surface area contributed by atoms with Crippen molar-refractivity contribution in [2.45, 2.75) is 13.3 Å². The van der Waals surface area contributed by atoms with Crippen LogP contribution in [0.3, 0.4) is 0 Å². The van der Waals surface area contributed by atoms with E-state index in [1.165, 1.54) is 0 Å². The fourth-order valence-corrected chi connectivity index (χ4v) is 0.943. The number of nitriles is 1. The van der Waals surface area contributed by atoms with Gasteiger partial charge in [-0.05, 0) is 19.1 Å². The molecule has 0 saturated carbocycles. The number of pyridine rings is 1. The molecular weight excluding hydrogens is 174 g/mol. The second-order valence-electron chi connectivity index (χ2n) is 2.65. The van der Waals surface area contributed by atoms with Crippen LogP contribution >= 0.6 is 0 Å². The van der Waals surface area contributed by atoms with Gasteiger partial charge in [0.05, 0.1) is 5.56 Å². The van der Waals surface area contributed by atoms with E-state index in [-0.39, 0.29) is 0 Å². The Kier molecular flexibility index (Phi) is 4.04. The van der Waals surface area contributed by atoms with E-state index in [0.29, 0.717) is 5.56 Å². The third kappa shape index (κ3) is 3.16. The van der Waals surface area contributed by atoms with Crippen molar-refractivity contribution >= 4 is 5.82 Å². The number of hydrogen-bond acceptors (Lipinski definition) is 3. The van der Waals surface area contributed by atoms with Crippen LogP contribution in [0.4, 0.5) is 5.82 Å². The van der Waals surface area contributed by atoms with E-state index < -0.39 is 0 Å². The van der Waals surface area contributed by atoms with Crippen molar-refractivity contribution in [2.24, 2.45) is 0 Å². The molecule has 3 heteroatoms. The van der Waals surface area contributed by atoms with E-state index in [0.717, 1.165) is 18.8 Å². The summed E-state index contributed by atoms with van der Waals surface area (Å²) < 4.78 is 0. The van der Waals surface area contributed by atoms with E-state index in [1.54, 1.807) is 18.3 Å². The third-order valence-electron chi connectivity index (χ3n) is 1.63. The Balaban J connectivity index is 2.43. The van der Waals surface area contributed by atoms with Crippen molar-refractivity contribution in [1.29, 1.82) is 5.26 Å². The lowest BCUT2D eigenvalue weighted by Crippen LogP contribution is -2.01. The van der Waals surface area contributed by atoms with Gasteiger partial charge in [-0.2, -0.15) is 5.26 Å². The molecule has 1 N–H and O–H groups in total. The maximum Gasteiger partial charge on any atom is 0.125 e. The smallest absolute Gasteiger partial charge is 0.125 e. The summed E-state index contributed by atoms with van der Waals surface area (Å²) in [6, 6.07) is 5.54. The molecule has 0 aliphatic carbocycles. The lowest BCUT2D eigenvalue weighted by molar-refractivity contribution is 1.07. The lowest BCUT2D eigenvalue weighted by atomic mass is 10.3. The zero-order chi connectivity index (χ0) is 10.2. The zero-order valence-electron chi connectivity index (χ0n) is 8.04. The van der Waals surface area contributed by atoms with Crippen molar-refractivity contribution < 1.29 is 0 Å². The summed E-state index contributed by atoms with van der Waals surface area (Å²) in [5.41, 5.74) is 0.573. The Morgan fingerprint density at radius 1 is 1.50 bits per heavy atom. The van der Waals surface area contributed by atoms with Gasteiger partial charge < -0.3 is 5.32 Å². The molecule has 70 valence electrons. The highest BCUT2D eigenvalue weighted by atomic mass is 15.0. The molecule has 1 rings (SSSR count). The summed E-state index contributed by atoms with van der Waals surface area (Å²) in [5.74, 6) is 6.55. The van der Waals surface area contributed by atoms with Crippen molar-refractivity contribution in [1.82, 2.24) is 4.98 Å². The number of aromatic nitrogens is 1. The Morgan fingerprint density at radius 3 is 2.93 bits per heavy atom. The minimum atomic E-state index is 0.573. The molecule has 0 amide bonds. The molecule has 0 aromatic carbocycles. The normalized spacial score (nSPS) is 8.29. The summed E-state index contributed by atoms with van der Waals surface area (Å²) in [6.45, 7) is 2.60. The zero-order valence-corrected chi connectivity index (χ0v) is 8.04. The van der Waals surface area contributed by atoms with Crippen LogP contribution in [0.2, 0.25) is 0 Å². The highest BCUT2D eigenvalue weighted by Crippen LogP contribution is 2.03. The van der Waals surface area contributed by atoms with Gasteiger partial charge in [-0.25, -0.2) is 4.98 Å². The van der Waals surface area contributed by atoms with Crippen LogP contribution in [0.5, 0.6) is 0 Å². The fraction of sp³-hybridized carbons (Fsp3) is 0.273. The first-order valence-electron chi connectivity index (χ1n) is 4.36. The van der Waals surface area contributed by atoms with E-state index in [1.807, 2.05) is 13.0 Å². The van der Waals surface area contributed by atoms with Gasteiger partial charge >= 0.3 is 0 Å². The largest absolute Gasteiger partial charge is 0.369 e. The number of anilines is 1. The average Bonchev–Trinajstić information content (AvgIpc) is 2.25. The standard InChI is InChI=1S/C11H11N3/c1-2-3-4-7-13-11-6-5-10(8-12)9-14-11/h5-6,9H,4,7H2,1H3,(H,13,14). The first-order chi connectivity index (χ1) is 6.86. The predicted molar refractivity (Wildman–Crippen MR) is 55.5 cm³/mol. The average molecular weight is 185 g/mol. The van der Waals surface area contributed by atoms with Gasteiger partial charge in [-0.3, -0.25) is 0 Å². The van der Waals surface area contributed by atoms with Crippen LogP contribution in [0, 0.1) is 23.2 Å². The topological polar surface area (TPSA) is 48.7 Å². The predicted octanol–water partition coefficient (Wildman–Crippen LogP) is 1.78. The van der Waals surface area contributed by atoms with E-state index in [4.69, 9.17) is 5.26 Å². The van der Waals surface area contributed by atoms with Gasteiger partial charge in [-0.1, -0.05) is 0 Å². The van der Waals surface area contributed by atoms with Crippen LogP contribution in [0.15, 0.2) is 18.3 Å². The quantitative estimate of drug-likeness (QED) is 0.576. The molecule has 1 aromatic rings. The molecule has 1 heterocycles. The second kappa shape index (κ2) is 5.61. The molecule has 0 atom stereocenters. The molecule has 0 aliphatic rings. The van der Waals surface area contributed by atoms with Crippen LogP contribution in [0.1, 0.15) is 18.9 Å². The van der Waals surface area contributed by atoms with Crippen molar-refractivity contribution in [3.8, 4) is 17.9 Å². The maximum atomic E-state index is 8.55. The second-order valence-corrected chi connectivity index (χ2v) is 2.65. The minimum Gasteiger partial charge on any atom is -0.369 e. The molecule has 0 fully saturated rings. The third-order valence-corrected chi connectivity index (χ3v) is 1.63. The molecular formula is C11H11N3. The molecule has 3 nitrogen and oxygen atoms in total. The monoisotopic (exact) mass is 185 g/mol. The Morgan fingerprint density at radius 2 is 2.36 bits per heavy atom. The number of nitrogens with zero attached hydrogens (tertiary/aromatic N) is 2. The summed E-state index contributed by atoms with van der Waals surface area (Å²) in [5, 5.41) is 11.7. The molecule has 1 aromatic heterocycles. The molecule has 0 saturated heterocycles. The number of rotatable bonds is 3. The Hall–Kier alpha value is -2.00. The lowest BCUT2D eigenvalue weighted by Gasteiger charge is -2.01. The SMILES string of the molecule is CC#CCCNc1ccc(C#N)cn1. The number of hydrogen-bond donors (Lipinski definition) is 1. The van der Waals surface area contributed by atoms with Crippen LogP contribution < -0.4 is 5.32 Å². The van der Waals surface area contributed by atoms with E-state index in [9.17, 15) is 0 Å². The molecule has 14 heavy (non-hydrogen) atoms. The van der Waals surface area contributed by atoms with Gasteiger partial charge in [0.2, 0.25) is 0 Å². The van der Waals surface area contributed by atoms with Gasteiger partial charge in [-0.15, -0.1) is 11.8 Å². The minimum absolute atomic E-state index is 0.573. The van der Waals surface area contributed by atoms with Crippen molar-refractivity contribution in [3.63, 3.8) is 0 Å². The van der Waals surface area contributed by atoms with Gasteiger partial charge in [0.15, 0.2) is 0 Å².